The number of benzene rings is 7. The highest BCUT2D eigenvalue weighted by Crippen LogP contribution is 2.36. The van der Waals surface area contributed by atoms with E-state index in [4.69, 9.17) is 19.4 Å². The van der Waals surface area contributed by atoms with Gasteiger partial charge in [-0.25, -0.2) is 15.0 Å². The molecule has 9 rings (SSSR count). The van der Waals surface area contributed by atoms with Gasteiger partial charge in [0.25, 0.3) is 0 Å². The summed E-state index contributed by atoms with van der Waals surface area (Å²) in [7, 11) is 0. The Hall–Kier alpha value is -6.39. The molecule has 0 amide bonds. The van der Waals surface area contributed by atoms with Gasteiger partial charge in [-0.15, -0.1) is 0 Å². The second kappa shape index (κ2) is 11.2. The van der Waals surface area contributed by atoms with Gasteiger partial charge in [-0.1, -0.05) is 127 Å². The molecule has 0 N–H and O–H groups in total. The van der Waals surface area contributed by atoms with Crippen molar-refractivity contribution in [1.82, 2.24) is 15.0 Å². The van der Waals surface area contributed by atoms with Crippen LogP contribution in [0.5, 0.6) is 0 Å². The summed E-state index contributed by atoms with van der Waals surface area (Å²) in [5.74, 6) is 1.89. The van der Waals surface area contributed by atoms with Crippen LogP contribution >= 0.6 is 0 Å². The maximum Gasteiger partial charge on any atom is 0.164 e. The first-order valence-electron chi connectivity index (χ1n) is 15.7. The first-order chi connectivity index (χ1) is 23.3. The van der Waals surface area contributed by atoms with Gasteiger partial charge < -0.3 is 4.42 Å². The third kappa shape index (κ3) is 4.93. The average molecular weight is 602 g/mol. The lowest BCUT2D eigenvalue weighted by Gasteiger charge is -2.13. The molecule has 0 aliphatic rings. The van der Waals surface area contributed by atoms with Crippen molar-refractivity contribution in [1.29, 1.82) is 0 Å². The molecule has 0 bridgehead atoms. The molecule has 0 spiro atoms. The summed E-state index contributed by atoms with van der Waals surface area (Å²) in [5.41, 5.74) is 8.97. The number of fused-ring (bicyclic) bond motifs is 4. The Morgan fingerprint density at radius 2 is 0.915 bits per heavy atom. The van der Waals surface area contributed by atoms with E-state index in [0.29, 0.717) is 17.5 Å². The van der Waals surface area contributed by atoms with Crippen LogP contribution in [0.2, 0.25) is 0 Å². The van der Waals surface area contributed by atoms with Crippen LogP contribution in [-0.2, 0) is 0 Å². The van der Waals surface area contributed by atoms with Crippen LogP contribution in [0.25, 0.3) is 89.1 Å². The summed E-state index contributed by atoms with van der Waals surface area (Å²) >= 11 is 0. The zero-order chi connectivity index (χ0) is 31.2. The van der Waals surface area contributed by atoms with Crippen molar-refractivity contribution in [2.24, 2.45) is 0 Å². The van der Waals surface area contributed by atoms with E-state index in [9.17, 15) is 0 Å². The highest BCUT2D eigenvalue weighted by atomic mass is 16.3. The number of hydrogen-bond donors (Lipinski definition) is 0. The quantitative estimate of drug-likeness (QED) is 0.197. The second-order valence-corrected chi connectivity index (χ2v) is 11.7. The van der Waals surface area contributed by atoms with Gasteiger partial charge >= 0.3 is 0 Å². The van der Waals surface area contributed by atoms with Gasteiger partial charge in [0, 0.05) is 27.5 Å². The number of nitrogens with zero attached hydrogens (tertiary/aromatic N) is 3. The smallest absolute Gasteiger partial charge is 0.164 e. The van der Waals surface area contributed by atoms with Crippen LogP contribution in [0, 0.1) is 0 Å². The van der Waals surface area contributed by atoms with Gasteiger partial charge in [0.1, 0.15) is 11.2 Å². The van der Waals surface area contributed by atoms with Crippen molar-refractivity contribution in [3.63, 3.8) is 0 Å². The molecular formula is C43H27N3O. The fourth-order valence-electron chi connectivity index (χ4n) is 6.38. The van der Waals surface area contributed by atoms with Gasteiger partial charge in [0.2, 0.25) is 0 Å². The maximum absolute atomic E-state index is 6.20. The van der Waals surface area contributed by atoms with Crippen molar-refractivity contribution in [3.05, 3.63) is 164 Å². The molecule has 0 saturated carbocycles. The van der Waals surface area contributed by atoms with Crippen molar-refractivity contribution in [2.75, 3.05) is 0 Å². The molecule has 0 radical (unpaired) electrons. The van der Waals surface area contributed by atoms with E-state index in [-0.39, 0.29) is 0 Å². The molecule has 0 saturated heterocycles. The zero-order valence-electron chi connectivity index (χ0n) is 25.3. The molecule has 0 aliphatic carbocycles. The van der Waals surface area contributed by atoms with Crippen LogP contribution < -0.4 is 0 Å². The highest BCUT2D eigenvalue weighted by molar-refractivity contribution is 6.06. The summed E-state index contributed by atoms with van der Waals surface area (Å²) < 4.78 is 6.20. The molecule has 7 aromatic carbocycles. The first kappa shape index (κ1) is 27.0. The van der Waals surface area contributed by atoms with Gasteiger partial charge in [0.05, 0.1) is 0 Å². The Labute approximate surface area is 271 Å². The molecule has 0 atom stereocenters. The Morgan fingerprint density at radius 1 is 0.319 bits per heavy atom. The lowest BCUT2D eigenvalue weighted by atomic mass is 9.96. The summed E-state index contributed by atoms with van der Waals surface area (Å²) in [6.07, 6.45) is 0. The lowest BCUT2D eigenvalue weighted by molar-refractivity contribution is 0.669. The van der Waals surface area contributed by atoms with Crippen molar-refractivity contribution < 1.29 is 4.42 Å². The SMILES string of the molecule is c1ccc(-c2cc(-c3nc(-c4ccccc4)nc(-c4cccc(-c5ccc6c(c5)oc5ccccc56)c4)n3)c3ccccc3c2)cc1. The number of aromatic nitrogens is 3. The molecule has 0 fully saturated rings. The minimum atomic E-state index is 0.620. The van der Waals surface area contributed by atoms with Crippen LogP contribution in [-0.4, -0.2) is 15.0 Å². The van der Waals surface area contributed by atoms with E-state index in [1.165, 1.54) is 0 Å². The minimum absolute atomic E-state index is 0.620. The van der Waals surface area contributed by atoms with Crippen LogP contribution in [0.15, 0.2) is 168 Å². The number of para-hydroxylation sites is 1. The Balaban J connectivity index is 1.22. The lowest BCUT2D eigenvalue weighted by Crippen LogP contribution is -2.01. The van der Waals surface area contributed by atoms with E-state index in [1.54, 1.807) is 0 Å². The van der Waals surface area contributed by atoms with E-state index in [2.05, 4.69) is 109 Å². The van der Waals surface area contributed by atoms with E-state index < -0.39 is 0 Å². The third-order valence-corrected chi connectivity index (χ3v) is 8.71. The minimum Gasteiger partial charge on any atom is -0.456 e. The van der Waals surface area contributed by atoms with Crippen molar-refractivity contribution in [2.45, 2.75) is 0 Å². The Bertz CT molecular complexity index is 2570. The normalized spacial score (nSPS) is 11.4. The van der Waals surface area contributed by atoms with E-state index in [1.807, 2.05) is 54.6 Å². The molecular weight excluding hydrogens is 574 g/mol. The monoisotopic (exact) mass is 601 g/mol. The molecule has 4 nitrogen and oxygen atoms in total. The molecule has 2 heterocycles. The van der Waals surface area contributed by atoms with E-state index in [0.717, 1.165) is 71.7 Å². The summed E-state index contributed by atoms with van der Waals surface area (Å²) in [6.45, 7) is 0. The summed E-state index contributed by atoms with van der Waals surface area (Å²) in [4.78, 5) is 15.3. The standard InChI is InChI=1S/C43H27N3O/c1-3-12-28(13-4-1)34-25-32-16-7-8-19-35(32)38(26-34)43-45-41(29-14-5-2-6-15-29)44-42(46-43)33-18-11-17-30(24-33)31-22-23-37-36-20-9-10-21-39(36)47-40(37)27-31/h1-27H. The maximum atomic E-state index is 6.20. The van der Waals surface area contributed by atoms with Crippen LogP contribution in [0.1, 0.15) is 0 Å². The highest BCUT2D eigenvalue weighted by Gasteiger charge is 2.16. The molecule has 0 unspecified atom stereocenters. The molecule has 2 aromatic heterocycles. The molecule has 47 heavy (non-hydrogen) atoms. The van der Waals surface area contributed by atoms with Gasteiger partial charge in [-0.2, -0.15) is 0 Å². The number of furan rings is 1. The second-order valence-electron chi connectivity index (χ2n) is 11.7. The third-order valence-electron chi connectivity index (χ3n) is 8.71. The number of rotatable bonds is 5. The van der Waals surface area contributed by atoms with Gasteiger partial charge in [-0.05, 0) is 69.4 Å². The first-order valence-corrected chi connectivity index (χ1v) is 15.7. The topological polar surface area (TPSA) is 51.8 Å². The Kier molecular flexibility index (Phi) is 6.43. The predicted molar refractivity (Wildman–Crippen MR) is 192 cm³/mol. The van der Waals surface area contributed by atoms with Crippen molar-refractivity contribution in [3.8, 4) is 56.4 Å². The fourth-order valence-corrected chi connectivity index (χ4v) is 6.38. The average Bonchev–Trinajstić information content (AvgIpc) is 3.53. The molecule has 220 valence electrons. The largest absolute Gasteiger partial charge is 0.456 e. The molecule has 0 aliphatic heterocycles. The molecule has 9 aromatic rings. The van der Waals surface area contributed by atoms with Crippen molar-refractivity contribution >= 4 is 32.7 Å². The number of hydrogen-bond acceptors (Lipinski definition) is 4. The summed E-state index contributed by atoms with van der Waals surface area (Å²) in [6, 6.07) is 56.4. The predicted octanol–water partition coefficient (Wildman–Crippen LogP) is 11.3. The fraction of sp³-hybridized carbons (Fsp3) is 0. The van der Waals surface area contributed by atoms with E-state index >= 15 is 0 Å². The van der Waals surface area contributed by atoms with Gasteiger partial charge in [0.15, 0.2) is 17.5 Å². The van der Waals surface area contributed by atoms with Crippen LogP contribution in [0.4, 0.5) is 0 Å². The zero-order valence-corrected chi connectivity index (χ0v) is 25.3. The summed E-state index contributed by atoms with van der Waals surface area (Å²) in [5, 5.41) is 4.46. The van der Waals surface area contributed by atoms with Crippen LogP contribution in [0.3, 0.4) is 0 Å². The molecule has 4 heteroatoms. The van der Waals surface area contributed by atoms with Gasteiger partial charge in [-0.3, -0.25) is 0 Å². The Morgan fingerprint density at radius 3 is 1.74 bits per heavy atom.